The maximum absolute atomic E-state index is 10.8. The molecule has 18 heavy (non-hydrogen) atoms. The number of carboxylic acids is 1. The van der Waals surface area contributed by atoms with E-state index in [1.165, 1.54) is 24.0 Å². The van der Waals surface area contributed by atoms with Crippen LogP contribution in [0.2, 0.25) is 0 Å². The summed E-state index contributed by atoms with van der Waals surface area (Å²) in [4.78, 5) is 19.2. The molecule has 2 rings (SSSR count). The lowest BCUT2D eigenvalue weighted by atomic mass is 10.3. The minimum absolute atomic E-state index is 0.256. The van der Waals surface area contributed by atoms with Crippen molar-refractivity contribution in [2.75, 3.05) is 0 Å². The van der Waals surface area contributed by atoms with Crippen molar-refractivity contribution in [3.63, 3.8) is 0 Å². The third kappa shape index (κ3) is 2.89. The smallest absolute Gasteiger partial charge is 0.335 e. The molecule has 0 saturated carbocycles. The van der Waals surface area contributed by atoms with Gasteiger partial charge in [-0.25, -0.2) is 14.8 Å². The van der Waals surface area contributed by atoms with Gasteiger partial charge in [-0.05, 0) is 19.1 Å². The molecule has 0 aliphatic rings. The van der Waals surface area contributed by atoms with Crippen LogP contribution >= 0.6 is 11.8 Å². The molecule has 0 atom stereocenters. The molecule has 0 unspecified atom stereocenters. The molecule has 2 heterocycles. The van der Waals surface area contributed by atoms with Crippen LogP contribution in [-0.4, -0.2) is 25.6 Å². The van der Waals surface area contributed by atoms with Gasteiger partial charge in [-0.2, -0.15) is 0 Å². The topological polar surface area (TPSA) is 68.0 Å². The number of aromatic nitrogens is 3. The van der Waals surface area contributed by atoms with E-state index in [9.17, 15) is 4.79 Å². The average Bonchev–Trinajstić information content (AvgIpc) is 2.84. The van der Waals surface area contributed by atoms with Crippen LogP contribution in [0.5, 0.6) is 0 Å². The highest BCUT2D eigenvalue weighted by Gasteiger charge is 2.06. The molecule has 0 aliphatic carbocycles. The highest BCUT2D eigenvalue weighted by Crippen LogP contribution is 2.20. The fourth-order valence-electron chi connectivity index (χ4n) is 1.53. The van der Waals surface area contributed by atoms with Gasteiger partial charge >= 0.3 is 5.97 Å². The molecular formula is C12H13N3O2S. The first-order valence-electron chi connectivity index (χ1n) is 5.53. The minimum Gasteiger partial charge on any atom is -0.478 e. The van der Waals surface area contributed by atoms with Crippen molar-refractivity contribution in [2.24, 2.45) is 0 Å². The van der Waals surface area contributed by atoms with E-state index < -0.39 is 5.97 Å². The largest absolute Gasteiger partial charge is 0.478 e. The zero-order chi connectivity index (χ0) is 13.0. The van der Waals surface area contributed by atoms with Crippen molar-refractivity contribution in [3.05, 3.63) is 42.1 Å². The van der Waals surface area contributed by atoms with E-state index in [0.717, 1.165) is 12.4 Å². The molecule has 0 amide bonds. The predicted molar refractivity (Wildman–Crippen MR) is 68.7 cm³/mol. The van der Waals surface area contributed by atoms with Crippen molar-refractivity contribution in [2.45, 2.75) is 24.2 Å². The number of aryl methyl sites for hydroxylation is 1. The Kier molecular flexibility index (Phi) is 3.99. The molecule has 0 aliphatic heterocycles. The van der Waals surface area contributed by atoms with Gasteiger partial charge in [-0.1, -0.05) is 11.8 Å². The van der Waals surface area contributed by atoms with Crippen LogP contribution in [0.4, 0.5) is 0 Å². The molecule has 2 aromatic heterocycles. The summed E-state index contributed by atoms with van der Waals surface area (Å²) in [7, 11) is 0. The van der Waals surface area contributed by atoms with Crippen LogP contribution in [-0.2, 0) is 12.3 Å². The zero-order valence-corrected chi connectivity index (χ0v) is 10.7. The monoisotopic (exact) mass is 263 g/mol. The van der Waals surface area contributed by atoms with E-state index >= 15 is 0 Å². The minimum atomic E-state index is -0.936. The molecule has 0 spiro atoms. The fraction of sp³-hybridized carbons (Fsp3) is 0.250. The summed E-state index contributed by atoms with van der Waals surface area (Å²) >= 11 is 1.48. The van der Waals surface area contributed by atoms with Gasteiger partial charge in [-0.3, -0.25) is 0 Å². The van der Waals surface area contributed by atoms with E-state index in [4.69, 9.17) is 5.11 Å². The van der Waals surface area contributed by atoms with Crippen LogP contribution in [0.25, 0.3) is 0 Å². The Morgan fingerprint density at radius 1 is 1.44 bits per heavy atom. The summed E-state index contributed by atoms with van der Waals surface area (Å²) in [6, 6.07) is 3.06. The lowest BCUT2D eigenvalue weighted by Gasteiger charge is -2.04. The number of imidazole rings is 1. The Balaban J connectivity index is 2.06. The molecule has 6 heteroatoms. The number of hydrogen-bond acceptors (Lipinski definition) is 4. The van der Waals surface area contributed by atoms with Crippen molar-refractivity contribution >= 4 is 17.7 Å². The average molecular weight is 263 g/mol. The van der Waals surface area contributed by atoms with Gasteiger partial charge < -0.3 is 9.67 Å². The van der Waals surface area contributed by atoms with Crippen LogP contribution in [0.15, 0.2) is 35.7 Å². The molecule has 0 saturated heterocycles. The van der Waals surface area contributed by atoms with Gasteiger partial charge in [0.25, 0.3) is 0 Å². The molecule has 0 radical (unpaired) electrons. The lowest BCUT2D eigenvalue weighted by Crippen LogP contribution is -2.00. The van der Waals surface area contributed by atoms with Crippen LogP contribution < -0.4 is 0 Å². The van der Waals surface area contributed by atoms with Gasteiger partial charge in [0.1, 0.15) is 5.82 Å². The second-order valence-corrected chi connectivity index (χ2v) is 4.60. The molecule has 0 fully saturated rings. The maximum atomic E-state index is 10.8. The maximum Gasteiger partial charge on any atom is 0.335 e. The molecule has 0 aromatic carbocycles. The summed E-state index contributed by atoms with van der Waals surface area (Å²) in [6.07, 6.45) is 5.20. The molecule has 1 N–H and O–H groups in total. The zero-order valence-electron chi connectivity index (χ0n) is 9.91. The van der Waals surface area contributed by atoms with Gasteiger partial charge in [-0.15, -0.1) is 0 Å². The second kappa shape index (κ2) is 5.68. The quantitative estimate of drug-likeness (QED) is 0.838. The Hall–Kier alpha value is -1.82. The first-order chi connectivity index (χ1) is 8.70. The molecular weight excluding hydrogens is 250 g/mol. The first kappa shape index (κ1) is 12.6. The van der Waals surface area contributed by atoms with E-state index in [-0.39, 0.29) is 5.56 Å². The van der Waals surface area contributed by atoms with E-state index in [1.807, 2.05) is 10.8 Å². The van der Waals surface area contributed by atoms with Gasteiger partial charge in [0.15, 0.2) is 0 Å². The molecule has 5 nitrogen and oxygen atoms in total. The predicted octanol–water partition coefficient (Wildman–Crippen LogP) is 2.29. The van der Waals surface area contributed by atoms with Gasteiger partial charge in [0.05, 0.1) is 16.3 Å². The Morgan fingerprint density at radius 2 is 2.28 bits per heavy atom. The summed E-state index contributed by atoms with van der Waals surface area (Å²) in [6.45, 7) is 2.93. The Labute approximate surface area is 109 Å². The molecule has 0 bridgehead atoms. The van der Waals surface area contributed by atoms with E-state index in [2.05, 4.69) is 16.9 Å². The van der Waals surface area contributed by atoms with Crippen LogP contribution in [0.1, 0.15) is 23.1 Å². The Bertz CT molecular complexity index is 554. The standard InChI is InChI=1S/C12H13N3O2S/c1-2-15-6-5-13-10(15)8-18-11-7-9(12(16)17)3-4-14-11/h3-7H,2,8H2,1H3,(H,16,17). The molecule has 94 valence electrons. The summed E-state index contributed by atoms with van der Waals surface area (Å²) in [5, 5.41) is 9.59. The summed E-state index contributed by atoms with van der Waals surface area (Å²) < 4.78 is 2.05. The van der Waals surface area contributed by atoms with Crippen molar-refractivity contribution < 1.29 is 9.90 Å². The van der Waals surface area contributed by atoms with Crippen LogP contribution in [0.3, 0.4) is 0 Å². The van der Waals surface area contributed by atoms with E-state index in [0.29, 0.717) is 10.8 Å². The number of carbonyl (C=O) groups is 1. The number of carboxylic acid groups (broad SMARTS) is 1. The summed E-state index contributed by atoms with van der Waals surface area (Å²) in [5.74, 6) is 0.705. The SMILES string of the molecule is CCn1ccnc1CSc1cc(C(=O)O)ccn1. The number of rotatable bonds is 5. The fourth-order valence-corrected chi connectivity index (χ4v) is 2.39. The van der Waals surface area contributed by atoms with Crippen molar-refractivity contribution in [3.8, 4) is 0 Å². The first-order valence-corrected chi connectivity index (χ1v) is 6.51. The summed E-state index contributed by atoms with van der Waals surface area (Å²) in [5.41, 5.74) is 0.256. The van der Waals surface area contributed by atoms with Crippen molar-refractivity contribution in [1.29, 1.82) is 0 Å². The number of hydrogen-bond donors (Lipinski definition) is 1. The van der Waals surface area contributed by atoms with Crippen LogP contribution in [0, 0.1) is 0 Å². The normalized spacial score (nSPS) is 10.5. The highest BCUT2D eigenvalue weighted by atomic mass is 32.2. The number of aromatic carboxylic acids is 1. The van der Waals surface area contributed by atoms with Crippen molar-refractivity contribution in [1.82, 2.24) is 14.5 Å². The third-order valence-electron chi connectivity index (χ3n) is 2.47. The van der Waals surface area contributed by atoms with Gasteiger partial charge in [0.2, 0.25) is 0 Å². The third-order valence-corrected chi connectivity index (χ3v) is 3.39. The number of thioether (sulfide) groups is 1. The number of pyridine rings is 1. The molecule has 2 aromatic rings. The van der Waals surface area contributed by atoms with Gasteiger partial charge in [0, 0.05) is 25.1 Å². The van der Waals surface area contributed by atoms with E-state index in [1.54, 1.807) is 12.3 Å². The number of nitrogens with zero attached hydrogens (tertiary/aromatic N) is 3. The lowest BCUT2D eigenvalue weighted by molar-refractivity contribution is 0.0696. The Morgan fingerprint density at radius 3 is 3.00 bits per heavy atom. The highest BCUT2D eigenvalue weighted by molar-refractivity contribution is 7.98. The second-order valence-electron chi connectivity index (χ2n) is 3.61.